The zero-order valence-electron chi connectivity index (χ0n) is 16.1. The lowest BCUT2D eigenvalue weighted by Gasteiger charge is -2.14. The summed E-state index contributed by atoms with van der Waals surface area (Å²) in [6.07, 6.45) is 1.25. The number of nitrogens with zero attached hydrogens (tertiary/aromatic N) is 2. The first-order valence-corrected chi connectivity index (χ1v) is 9.96. The van der Waals surface area contributed by atoms with Gasteiger partial charge in [-0.25, -0.2) is 19.2 Å². The molecule has 154 valence electrons. The standard InChI is InChI=1S/C21H18FIN4O3/c1-13(28)18-11-19(25-12-24-18)30-17-8-6-15(7-9-17)26-20(29)27-16-5-3-4-14(10-16)21(2,22)23/h3-12H,1-2H3,(H2,26,27,29). The number of ketones is 1. The summed E-state index contributed by atoms with van der Waals surface area (Å²) in [7, 11) is 0. The molecule has 0 bridgehead atoms. The average Bonchev–Trinajstić information content (AvgIpc) is 2.69. The number of nitrogens with one attached hydrogen (secondary N) is 2. The van der Waals surface area contributed by atoms with E-state index < -0.39 is 9.71 Å². The minimum Gasteiger partial charge on any atom is -0.439 e. The molecule has 3 rings (SSSR count). The van der Waals surface area contributed by atoms with Crippen LogP contribution in [0.25, 0.3) is 0 Å². The Morgan fingerprint density at radius 3 is 2.40 bits per heavy atom. The van der Waals surface area contributed by atoms with Gasteiger partial charge in [-0.1, -0.05) is 12.1 Å². The molecule has 1 unspecified atom stereocenters. The number of aromatic nitrogens is 2. The van der Waals surface area contributed by atoms with E-state index in [0.29, 0.717) is 22.7 Å². The molecule has 3 aromatic rings. The van der Waals surface area contributed by atoms with Crippen molar-refractivity contribution in [3.63, 3.8) is 0 Å². The molecular formula is C21H18FIN4O3. The van der Waals surface area contributed by atoms with Gasteiger partial charge < -0.3 is 15.4 Å². The molecule has 0 fully saturated rings. The fourth-order valence-electron chi connectivity index (χ4n) is 2.48. The lowest BCUT2D eigenvalue weighted by Crippen LogP contribution is -2.19. The highest BCUT2D eigenvalue weighted by atomic mass is 127. The summed E-state index contributed by atoms with van der Waals surface area (Å²) < 4.78 is 18.1. The Hall–Kier alpha value is -3.08. The van der Waals surface area contributed by atoms with Gasteiger partial charge in [0.25, 0.3) is 0 Å². The van der Waals surface area contributed by atoms with Crippen LogP contribution in [-0.2, 0) is 3.68 Å². The van der Waals surface area contributed by atoms with Crippen molar-refractivity contribution in [2.75, 3.05) is 10.6 Å². The number of urea groups is 1. The van der Waals surface area contributed by atoms with Gasteiger partial charge in [-0.2, -0.15) is 0 Å². The Bertz CT molecular complexity index is 1070. The molecule has 9 heteroatoms. The van der Waals surface area contributed by atoms with Gasteiger partial charge in [-0.3, -0.25) is 4.79 Å². The van der Waals surface area contributed by atoms with Gasteiger partial charge in [0.15, 0.2) is 9.46 Å². The predicted molar refractivity (Wildman–Crippen MR) is 120 cm³/mol. The van der Waals surface area contributed by atoms with E-state index in [1.807, 2.05) is 0 Å². The van der Waals surface area contributed by atoms with Gasteiger partial charge in [0.2, 0.25) is 5.88 Å². The minimum absolute atomic E-state index is 0.187. The first kappa shape index (κ1) is 21.6. The number of alkyl halides is 2. The molecule has 0 radical (unpaired) electrons. The molecule has 0 spiro atoms. The third-order valence-electron chi connectivity index (χ3n) is 3.96. The highest BCUT2D eigenvalue weighted by Gasteiger charge is 2.21. The van der Waals surface area contributed by atoms with Gasteiger partial charge >= 0.3 is 6.03 Å². The largest absolute Gasteiger partial charge is 0.439 e. The smallest absolute Gasteiger partial charge is 0.323 e. The second kappa shape index (κ2) is 9.16. The molecule has 0 aliphatic carbocycles. The van der Waals surface area contributed by atoms with Crippen molar-refractivity contribution in [1.29, 1.82) is 0 Å². The van der Waals surface area contributed by atoms with Crippen LogP contribution in [0.4, 0.5) is 20.6 Å². The van der Waals surface area contributed by atoms with Crippen molar-refractivity contribution in [3.8, 4) is 11.6 Å². The topological polar surface area (TPSA) is 93.2 Å². The highest BCUT2D eigenvalue weighted by Crippen LogP contribution is 2.34. The van der Waals surface area contributed by atoms with Crippen LogP contribution >= 0.6 is 22.6 Å². The minimum atomic E-state index is -1.53. The van der Waals surface area contributed by atoms with Crippen molar-refractivity contribution < 1.29 is 18.7 Å². The normalized spacial score (nSPS) is 12.5. The van der Waals surface area contributed by atoms with E-state index >= 15 is 0 Å². The SMILES string of the molecule is CC(=O)c1cc(Oc2ccc(NC(=O)Nc3cccc(C(C)(F)I)c3)cc2)ncn1. The maximum absolute atomic E-state index is 14.1. The average molecular weight is 520 g/mol. The van der Waals surface area contributed by atoms with Crippen molar-refractivity contribution >= 4 is 45.8 Å². The first-order chi connectivity index (χ1) is 14.2. The van der Waals surface area contributed by atoms with Crippen molar-refractivity contribution in [2.45, 2.75) is 17.5 Å². The molecule has 7 nitrogen and oxygen atoms in total. The first-order valence-electron chi connectivity index (χ1n) is 8.88. The number of hydrogen-bond donors (Lipinski definition) is 2. The highest BCUT2D eigenvalue weighted by molar-refractivity contribution is 14.1. The van der Waals surface area contributed by atoms with E-state index in [9.17, 15) is 14.0 Å². The van der Waals surface area contributed by atoms with Crippen molar-refractivity contribution in [2.24, 2.45) is 0 Å². The number of halogens is 2. The Kier molecular flexibility index (Phi) is 6.60. The number of amides is 2. The Morgan fingerprint density at radius 1 is 1.03 bits per heavy atom. The van der Waals surface area contributed by atoms with E-state index in [-0.39, 0.29) is 17.4 Å². The molecule has 2 N–H and O–H groups in total. The quantitative estimate of drug-likeness (QED) is 0.248. The van der Waals surface area contributed by atoms with Crippen LogP contribution in [0, 0.1) is 0 Å². The molecular weight excluding hydrogens is 502 g/mol. The van der Waals surface area contributed by atoms with Crippen LogP contribution in [0.3, 0.4) is 0 Å². The summed E-state index contributed by atoms with van der Waals surface area (Å²) in [4.78, 5) is 31.4. The van der Waals surface area contributed by atoms with E-state index in [1.165, 1.54) is 26.2 Å². The third-order valence-corrected chi connectivity index (χ3v) is 4.59. The summed E-state index contributed by atoms with van der Waals surface area (Å²) in [6, 6.07) is 14.2. The van der Waals surface area contributed by atoms with Gasteiger partial charge in [0.1, 0.15) is 17.8 Å². The van der Waals surface area contributed by atoms with Gasteiger partial charge in [0, 0.05) is 29.9 Å². The maximum atomic E-state index is 14.1. The summed E-state index contributed by atoms with van der Waals surface area (Å²) in [6.45, 7) is 2.85. The van der Waals surface area contributed by atoms with Crippen molar-refractivity contribution in [3.05, 3.63) is 72.2 Å². The Morgan fingerprint density at radius 2 is 1.73 bits per heavy atom. The monoisotopic (exact) mass is 520 g/mol. The van der Waals surface area contributed by atoms with Crippen LogP contribution in [0.15, 0.2) is 60.9 Å². The second-order valence-electron chi connectivity index (χ2n) is 6.47. The van der Waals surface area contributed by atoms with Crippen LogP contribution < -0.4 is 15.4 Å². The number of carbonyl (C=O) groups excluding carboxylic acids is 2. The lowest BCUT2D eigenvalue weighted by atomic mass is 10.1. The number of benzene rings is 2. The molecule has 30 heavy (non-hydrogen) atoms. The van der Waals surface area contributed by atoms with E-state index in [4.69, 9.17) is 4.74 Å². The molecule has 1 atom stereocenters. The zero-order valence-corrected chi connectivity index (χ0v) is 18.3. The number of rotatable bonds is 6. The molecule has 2 aromatic carbocycles. The van der Waals surface area contributed by atoms with Gasteiger partial charge in [0.05, 0.1) is 0 Å². The fourth-order valence-corrected chi connectivity index (χ4v) is 2.81. The summed E-state index contributed by atoms with van der Waals surface area (Å²) >= 11 is 1.70. The molecule has 1 aromatic heterocycles. The molecule has 1 heterocycles. The number of Topliss-reactive ketones (excluding diaryl/α,β-unsaturated/α-hetero) is 1. The lowest BCUT2D eigenvalue weighted by molar-refractivity contribution is 0.101. The molecule has 0 aliphatic rings. The fraction of sp³-hybridized carbons (Fsp3) is 0.143. The van der Waals surface area contributed by atoms with Crippen LogP contribution in [-0.4, -0.2) is 21.8 Å². The number of hydrogen-bond acceptors (Lipinski definition) is 5. The van der Waals surface area contributed by atoms with Crippen LogP contribution in [0.2, 0.25) is 0 Å². The molecule has 0 saturated heterocycles. The predicted octanol–water partition coefficient (Wildman–Crippen LogP) is 5.69. The number of anilines is 2. The zero-order chi connectivity index (χ0) is 21.7. The second-order valence-corrected chi connectivity index (χ2v) is 8.50. The van der Waals surface area contributed by atoms with E-state index in [2.05, 4.69) is 20.6 Å². The molecule has 0 saturated carbocycles. The maximum Gasteiger partial charge on any atom is 0.323 e. The van der Waals surface area contributed by atoms with Crippen molar-refractivity contribution in [1.82, 2.24) is 9.97 Å². The molecule has 0 aliphatic heterocycles. The summed E-state index contributed by atoms with van der Waals surface area (Å²) in [5.41, 5.74) is 1.73. The Balaban J connectivity index is 1.61. The van der Waals surface area contributed by atoms with Crippen LogP contribution in [0.5, 0.6) is 11.6 Å². The number of carbonyl (C=O) groups is 2. The van der Waals surface area contributed by atoms with Crippen LogP contribution in [0.1, 0.15) is 29.9 Å². The summed E-state index contributed by atoms with van der Waals surface area (Å²) in [5, 5.41) is 5.37. The third kappa shape index (κ3) is 5.96. The Labute approximate surface area is 186 Å². The van der Waals surface area contributed by atoms with E-state index in [1.54, 1.807) is 71.1 Å². The van der Waals surface area contributed by atoms with Gasteiger partial charge in [-0.05, 0) is 65.9 Å². The molecule has 2 amide bonds. The van der Waals surface area contributed by atoms with E-state index in [0.717, 1.165) is 0 Å². The summed E-state index contributed by atoms with van der Waals surface area (Å²) in [5.74, 6) is 0.530. The van der Waals surface area contributed by atoms with Gasteiger partial charge in [-0.15, -0.1) is 0 Å². The number of ether oxygens (including phenoxy) is 1.